The molecule has 3 rings (SSSR count). The third kappa shape index (κ3) is 4.12. The summed E-state index contributed by atoms with van der Waals surface area (Å²) in [7, 11) is 0. The number of aromatic nitrogens is 1. The second-order valence-corrected chi connectivity index (χ2v) is 5.79. The molecule has 4 nitrogen and oxygen atoms in total. The molecule has 0 N–H and O–H groups in total. The van der Waals surface area contributed by atoms with Crippen molar-refractivity contribution < 1.29 is 26.9 Å². The van der Waals surface area contributed by atoms with Crippen molar-refractivity contribution in [2.75, 3.05) is 6.54 Å². The van der Waals surface area contributed by atoms with Gasteiger partial charge in [-0.15, -0.1) is 0 Å². The predicted molar refractivity (Wildman–Crippen MR) is 75.7 cm³/mol. The van der Waals surface area contributed by atoms with Gasteiger partial charge in [0.15, 0.2) is 0 Å². The molecule has 1 heterocycles. The number of rotatable bonds is 5. The summed E-state index contributed by atoms with van der Waals surface area (Å²) >= 11 is 0. The van der Waals surface area contributed by atoms with Gasteiger partial charge in [0.25, 0.3) is 5.91 Å². The van der Waals surface area contributed by atoms with E-state index in [1.807, 2.05) is 0 Å². The number of carbonyl (C=O) groups is 1. The van der Waals surface area contributed by atoms with Crippen LogP contribution in [0.4, 0.5) is 17.6 Å². The van der Waals surface area contributed by atoms with Gasteiger partial charge in [-0.25, -0.2) is 4.39 Å². The summed E-state index contributed by atoms with van der Waals surface area (Å²) in [5, 5.41) is 3.74. The number of carbonyl (C=O) groups excluding carboxylic acids is 1. The van der Waals surface area contributed by atoms with Crippen molar-refractivity contribution in [1.29, 1.82) is 0 Å². The standard InChI is InChI=1S/C16H14F4N2O2/c17-12-5-1-10(2-6-12)8-22(9-16(18,19)20)15(23)14-7-13(21-24-14)11-3-4-11/h1-2,5-7,11H,3-4,8-9H2. The highest BCUT2D eigenvalue weighted by atomic mass is 19.4. The van der Waals surface area contributed by atoms with Gasteiger partial charge >= 0.3 is 6.18 Å². The Hall–Kier alpha value is -2.38. The summed E-state index contributed by atoms with van der Waals surface area (Å²) in [4.78, 5) is 13.0. The van der Waals surface area contributed by atoms with Crippen LogP contribution in [-0.4, -0.2) is 28.7 Å². The summed E-state index contributed by atoms with van der Waals surface area (Å²) in [6, 6.07) is 6.33. The van der Waals surface area contributed by atoms with Crippen molar-refractivity contribution >= 4 is 5.91 Å². The number of halogens is 4. The van der Waals surface area contributed by atoms with Crippen LogP contribution in [0.3, 0.4) is 0 Å². The first kappa shape index (κ1) is 16.5. The SMILES string of the molecule is O=C(c1cc(C2CC2)no1)N(Cc1ccc(F)cc1)CC(F)(F)F. The van der Waals surface area contributed by atoms with E-state index in [1.165, 1.54) is 18.2 Å². The van der Waals surface area contributed by atoms with Crippen molar-refractivity contribution in [2.24, 2.45) is 0 Å². The van der Waals surface area contributed by atoms with E-state index in [2.05, 4.69) is 5.16 Å². The van der Waals surface area contributed by atoms with Crippen molar-refractivity contribution in [3.05, 3.63) is 53.2 Å². The molecule has 0 atom stereocenters. The highest BCUT2D eigenvalue weighted by molar-refractivity contribution is 5.91. The van der Waals surface area contributed by atoms with Gasteiger partial charge in [-0.3, -0.25) is 4.79 Å². The summed E-state index contributed by atoms with van der Waals surface area (Å²) in [5.74, 6) is -1.39. The molecule has 0 spiro atoms. The lowest BCUT2D eigenvalue weighted by molar-refractivity contribution is -0.141. The van der Waals surface area contributed by atoms with E-state index in [0.29, 0.717) is 16.2 Å². The third-order valence-corrected chi connectivity index (χ3v) is 3.68. The van der Waals surface area contributed by atoms with Gasteiger partial charge in [-0.05, 0) is 30.5 Å². The normalized spacial score (nSPS) is 14.7. The molecule has 0 unspecified atom stereocenters. The highest BCUT2D eigenvalue weighted by Gasteiger charge is 2.35. The molecule has 0 bridgehead atoms. The zero-order valence-corrected chi connectivity index (χ0v) is 12.5. The fourth-order valence-electron chi connectivity index (χ4n) is 2.34. The van der Waals surface area contributed by atoms with Gasteiger partial charge in [0.05, 0.1) is 5.69 Å². The molecule has 128 valence electrons. The smallest absolute Gasteiger partial charge is 0.351 e. The van der Waals surface area contributed by atoms with Gasteiger partial charge in [0.2, 0.25) is 5.76 Å². The van der Waals surface area contributed by atoms with Crippen LogP contribution in [0.15, 0.2) is 34.9 Å². The molecule has 1 aliphatic rings. The number of hydrogen-bond donors (Lipinski definition) is 0. The van der Waals surface area contributed by atoms with E-state index in [0.717, 1.165) is 25.0 Å². The molecule has 0 saturated heterocycles. The summed E-state index contributed by atoms with van der Waals surface area (Å²) < 4.78 is 56.2. The second-order valence-electron chi connectivity index (χ2n) is 5.79. The molecule has 0 radical (unpaired) electrons. The van der Waals surface area contributed by atoms with Gasteiger partial charge in [0.1, 0.15) is 12.4 Å². The van der Waals surface area contributed by atoms with Crippen LogP contribution in [0.25, 0.3) is 0 Å². The Bertz CT molecular complexity index is 720. The maximum atomic E-state index is 12.9. The second kappa shape index (κ2) is 6.26. The molecule has 8 heteroatoms. The Morgan fingerprint density at radius 1 is 1.25 bits per heavy atom. The van der Waals surface area contributed by atoms with Crippen molar-refractivity contribution in [3.8, 4) is 0 Å². The zero-order chi connectivity index (χ0) is 17.3. The molecule has 1 aromatic carbocycles. The van der Waals surface area contributed by atoms with E-state index < -0.39 is 24.4 Å². The van der Waals surface area contributed by atoms with Crippen LogP contribution in [0.5, 0.6) is 0 Å². The monoisotopic (exact) mass is 342 g/mol. The molecule has 1 amide bonds. The Morgan fingerprint density at radius 3 is 2.50 bits per heavy atom. The van der Waals surface area contributed by atoms with Gasteiger partial charge in [0, 0.05) is 18.5 Å². The van der Waals surface area contributed by atoms with Gasteiger partial charge in [-0.1, -0.05) is 17.3 Å². The molecular weight excluding hydrogens is 328 g/mol. The fraction of sp³-hybridized carbons (Fsp3) is 0.375. The number of nitrogens with zero attached hydrogens (tertiary/aromatic N) is 2. The largest absolute Gasteiger partial charge is 0.406 e. The lowest BCUT2D eigenvalue weighted by atomic mass is 10.2. The molecule has 24 heavy (non-hydrogen) atoms. The van der Waals surface area contributed by atoms with Gasteiger partial charge in [-0.2, -0.15) is 13.2 Å². The molecule has 1 fully saturated rings. The van der Waals surface area contributed by atoms with E-state index in [1.54, 1.807) is 0 Å². The summed E-state index contributed by atoms with van der Waals surface area (Å²) in [6.45, 7) is -1.74. The average Bonchev–Trinajstić information content (AvgIpc) is 3.24. The highest BCUT2D eigenvalue weighted by Crippen LogP contribution is 2.39. The minimum atomic E-state index is -4.56. The Balaban J connectivity index is 1.79. The van der Waals surface area contributed by atoms with Crippen LogP contribution in [-0.2, 0) is 6.54 Å². The van der Waals surface area contributed by atoms with E-state index >= 15 is 0 Å². The molecule has 1 aromatic heterocycles. The fourth-order valence-corrected chi connectivity index (χ4v) is 2.34. The predicted octanol–water partition coefficient (Wildman–Crippen LogP) is 3.90. The minimum absolute atomic E-state index is 0.219. The lowest BCUT2D eigenvalue weighted by Crippen LogP contribution is -2.38. The minimum Gasteiger partial charge on any atom is -0.351 e. The number of alkyl halides is 3. The Morgan fingerprint density at radius 2 is 1.92 bits per heavy atom. The first-order chi connectivity index (χ1) is 11.3. The van der Waals surface area contributed by atoms with Crippen LogP contribution in [0, 0.1) is 5.82 Å². The summed E-state index contributed by atoms with van der Waals surface area (Å²) in [5.41, 5.74) is 0.975. The quantitative estimate of drug-likeness (QED) is 0.775. The Labute approximate surface area is 135 Å². The Kier molecular flexibility index (Phi) is 4.29. The lowest BCUT2D eigenvalue weighted by Gasteiger charge is -2.22. The summed E-state index contributed by atoms with van der Waals surface area (Å²) in [6.07, 6.45) is -2.70. The van der Waals surface area contributed by atoms with Crippen LogP contribution >= 0.6 is 0 Å². The van der Waals surface area contributed by atoms with Crippen molar-refractivity contribution in [3.63, 3.8) is 0 Å². The van der Waals surface area contributed by atoms with Crippen LogP contribution < -0.4 is 0 Å². The van der Waals surface area contributed by atoms with Gasteiger partial charge < -0.3 is 9.42 Å². The number of hydrogen-bond acceptors (Lipinski definition) is 3. The van der Waals surface area contributed by atoms with Crippen LogP contribution in [0.1, 0.15) is 40.6 Å². The maximum Gasteiger partial charge on any atom is 0.406 e. The number of benzene rings is 1. The van der Waals surface area contributed by atoms with E-state index in [-0.39, 0.29) is 18.2 Å². The van der Waals surface area contributed by atoms with Crippen molar-refractivity contribution in [2.45, 2.75) is 31.5 Å². The maximum absolute atomic E-state index is 12.9. The first-order valence-corrected chi connectivity index (χ1v) is 7.39. The first-order valence-electron chi connectivity index (χ1n) is 7.39. The third-order valence-electron chi connectivity index (χ3n) is 3.68. The molecule has 0 aliphatic heterocycles. The average molecular weight is 342 g/mol. The molecule has 1 aliphatic carbocycles. The molecule has 2 aromatic rings. The van der Waals surface area contributed by atoms with Crippen molar-refractivity contribution in [1.82, 2.24) is 10.1 Å². The topological polar surface area (TPSA) is 46.3 Å². The zero-order valence-electron chi connectivity index (χ0n) is 12.5. The number of amides is 1. The van der Waals surface area contributed by atoms with Crippen LogP contribution in [0.2, 0.25) is 0 Å². The molecular formula is C16H14F4N2O2. The van der Waals surface area contributed by atoms with E-state index in [9.17, 15) is 22.4 Å². The van der Waals surface area contributed by atoms with E-state index in [4.69, 9.17) is 4.52 Å². The molecule has 1 saturated carbocycles.